The van der Waals surface area contributed by atoms with E-state index in [1.807, 2.05) is 18.2 Å². The van der Waals surface area contributed by atoms with Crippen LogP contribution in [0.15, 0.2) is 28.6 Å². The van der Waals surface area contributed by atoms with Gasteiger partial charge in [-0.15, -0.1) is 10.2 Å². The van der Waals surface area contributed by atoms with Crippen LogP contribution in [0.2, 0.25) is 5.02 Å². The molecule has 0 radical (unpaired) electrons. The molecule has 0 aliphatic heterocycles. The molecule has 1 amide bonds. The number of methoxy groups -OCH3 is 1. The molecule has 0 saturated heterocycles. The number of amides is 1. The smallest absolute Gasteiger partial charge is 0.230 e. The lowest BCUT2D eigenvalue weighted by atomic mass is 10.3. The van der Waals surface area contributed by atoms with E-state index < -0.39 is 0 Å². The van der Waals surface area contributed by atoms with Crippen molar-refractivity contribution in [3.05, 3.63) is 29.3 Å². The average molecular weight is 373 g/mol. The molecule has 0 aliphatic carbocycles. The summed E-state index contributed by atoms with van der Waals surface area (Å²) >= 11 is 8.82. The van der Waals surface area contributed by atoms with Crippen LogP contribution in [0.1, 0.15) is 6.42 Å². The summed E-state index contributed by atoms with van der Waals surface area (Å²) in [7, 11) is 1.64. The maximum absolute atomic E-state index is 11.7. The fraction of sp³-hybridized carbons (Fsp3) is 0.357. The van der Waals surface area contributed by atoms with E-state index in [0.29, 0.717) is 29.1 Å². The second kappa shape index (κ2) is 9.71. The van der Waals surface area contributed by atoms with Gasteiger partial charge < -0.3 is 15.4 Å². The predicted molar refractivity (Wildman–Crippen MR) is 94.9 cm³/mol. The number of hydrogen-bond acceptors (Lipinski definition) is 7. The summed E-state index contributed by atoms with van der Waals surface area (Å²) in [5.41, 5.74) is 0.776. The van der Waals surface area contributed by atoms with E-state index in [1.54, 1.807) is 13.2 Å². The van der Waals surface area contributed by atoms with Crippen LogP contribution in [0.3, 0.4) is 0 Å². The molecule has 0 spiro atoms. The van der Waals surface area contributed by atoms with Crippen molar-refractivity contribution in [3.8, 4) is 0 Å². The monoisotopic (exact) mass is 372 g/mol. The summed E-state index contributed by atoms with van der Waals surface area (Å²) in [5, 5.41) is 15.3. The minimum atomic E-state index is -0.0260. The third kappa shape index (κ3) is 6.34. The Bertz CT molecular complexity index is 639. The zero-order chi connectivity index (χ0) is 16.5. The third-order valence-electron chi connectivity index (χ3n) is 2.70. The molecule has 124 valence electrons. The van der Waals surface area contributed by atoms with Gasteiger partial charge in [-0.3, -0.25) is 4.79 Å². The number of nitrogens with one attached hydrogen (secondary N) is 2. The van der Waals surface area contributed by atoms with Crippen LogP contribution < -0.4 is 10.6 Å². The quantitative estimate of drug-likeness (QED) is 0.520. The van der Waals surface area contributed by atoms with Gasteiger partial charge >= 0.3 is 0 Å². The molecule has 0 bridgehead atoms. The van der Waals surface area contributed by atoms with Gasteiger partial charge in [0.1, 0.15) is 0 Å². The van der Waals surface area contributed by atoms with Gasteiger partial charge in [0.25, 0.3) is 0 Å². The number of carbonyl (C=O) groups is 1. The number of thioether (sulfide) groups is 1. The molecular formula is C14H17ClN4O2S2. The number of nitrogens with zero attached hydrogens (tertiary/aromatic N) is 2. The fourth-order valence-electron chi connectivity index (χ4n) is 1.62. The number of rotatable bonds is 9. The van der Waals surface area contributed by atoms with Crippen LogP contribution in [0.25, 0.3) is 0 Å². The van der Waals surface area contributed by atoms with E-state index >= 15 is 0 Å². The molecule has 0 saturated carbocycles. The molecule has 2 aromatic rings. The number of ether oxygens (including phenoxy) is 1. The molecule has 1 aromatic carbocycles. The van der Waals surface area contributed by atoms with Gasteiger partial charge in [0.2, 0.25) is 11.0 Å². The largest absolute Gasteiger partial charge is 0.385 e. The van der Waals surface area contributed by atoms with Crippen molar-refractivity contribution >= 4 is 51.4 Å². The summed E-state index contributed by atoms with van der Waals surface area (Å²) in [6.45, 7) is 1.25. The van der Waals surface area contributed by atoms with Gasteiger partial charge in [-0.2, -0.15) is 0 Å². The van der Waals surface area contributed by atoms with E-state index in [1.165, 1.54) is 23.1 Å². The van der Waals surface area contributed by atoms with E-state index in [9.17, 15) is 4.79 Å². The highest BCUT2D eigenvalue weighted by atomic mass is 35.5. The maximum Gasteiger partial charge on any atom is 0.230 e. The Hall–Kier alpha value is -1.35. The van der Waals surface area contributed by atoms with Gasteiger partial charge in [-0.1, -0.05) is 46.8 Å². The summed E-state index contributed by atoms with van der Waals surface area (Å²) in [6, 6.07) is 7.41. The molecular weight excluding hydrogens is 356 g/mol. The predicted octanol–water partition coefficient (Wildman–Crippen LogP) is 3.18. The Morgan fingerprint density at radius 2 is 2.22 bits per heavy atom. The number of anilines is 2. The lowest BCUT2D eigenvalue weighted by Crippen LogP contribution is -2.26. The maximum atomic E-state index is 11.7. The summed E-state index contributed by atoms with van der Waals surface area (Å²) in [5.74, 6) is 0.287. The van der Waals surface area contributed by atoms with Crippen LogP contribution >= 0.6 is 34.7 Å². The summed E-state index contributed by atoms with van der Waals surface area (Å²) < 4.78 is 5.65. The number of carbonyl (C=O) groups excluding carboxylic acids is 1. The molecule has 2 rings (SSSR count). The minimum Gasteiger partial charge on any atom is -0.385 e. The van der Waals surface area contributed by atoms with Crippen LogP contribution in [0.4, 0.5) is 10.8 Å². The molecule has 0 fully saturated rings. The molecule has 1 heterocycles. The number of hydrogen-bond donors (Lipinski definition) is 2. The summed E-state index contributed by atoms with van der Waals surface area (Å²) in [6.07, 6.45) is 0.803. The van der Waals surface area contributed by atoms with E-state index in [2.05, 4.69) is 20.8 Å². The molecule has 9 heteroatoms. The summed E-state index contributed by atoms with van der Waals surface area (Å²) in [4.78, 5) is 11.7. The van der Waals surface area contributed by atoms with Gasteiger partial charge in [-0.05, 0) is 18.6 Å². The molecule has 1 aromatic heterocycles. The molecule has 0 unspecified atom stereocenters. The van der Waals surface area contributed by atoms with Crippen molar-refractivity contribution in [2.75, 3.05) is 31.3 Å². The molecule has 6 nitrogen and oxygen atoms in total. The zero-order valence-electron chi connectivity index (χ0n) is 12.5. The van der Waals surface area contributed by atoms with Crippen molar-refractivity contribution in [2.45, 2.75) is 10.8 Å². The van der Waals surface area contributed by atoms with Crippen molar-refractivity contribution in [2.24, 2.45) is 0 Å². The lowest BCUT2D eigenvalue weighted by Gasteiger charge is -2.03. The minimum absolute atomic E-state index is 0.0260. The van der Waals surface area contributed by atoms with Crippen LogP contribution in [0, 0.1) is 0 Å². The van der Waals surface area contributed by atoms with Gasteiger partial charge in [0.15, 0.2) is 4.34 Å². The normalized spacial score (nSPS) is 10.5. The lowest BCUT2D eigenvalue weighted by molar-refractivity contribution is -0.118. The topological polar surface area (TPSA) is 76.1 Å². The first-order valence-corrected chi connectivity index (χ1v) is 9.10. The SMILES string of the molecule is COCCCNC(=O)CSc1nnc(Nc2ccccc2Cl)s1. The van der Waals surface area contributed by atoms with Crippen molar-refractivity contribution in [1.82, 2.24) is 15.5 Å². The van der Waals surface area contributed by atoms with Crippen molar-refractivity contribution < 1.29 is 9.53 Å². The van der Waals surface area contributed by atoms with Crippen LogP contribution in [-0.2, 0) is 9.53 Å². The standard InChI is InChI=1S/C14H17ClN4O2S2/c1-21-8-4-7-16-12(20)9-22-14-19-18-13(23-14)17-11-6-3-2-5-10(11)15/h2-3,5-6H,4,7-9H2,1H3,(H,16,20)(H,17,18). The van der Waals surface area contributed by atoms with E-state index in [-0.39, 0.29) is 5.91 Å². The number of para-hydroxylation sites is 1. The van der Waals surface area contributed by atoms with Crippen molar-refractivity contribution in [3.63, 3.8) is 0 Å². The second-order valence-corrected chi connectivity index (χ2v) is 7.07. The fourth-order valence-corrected chi connectivity index (χ4v) is 3.40. The van der Waals surface area contributed by atoms with E-state index in [0.717, 1.165) is 16.4 Å². The number of benzene rings is 1. The number of aromatic nitrogens is 2. The average Bonchev–Trinajstić information content (AvgIpc) is 2.99. The highest BCUT2D eigenvalue weighted by Gasteiger charge is 2.09. The zero-order valence-corrected chi connectivity index (χ0v) is 14.9. The molecule has 2 N–H and O–H groups in total. The Morgan fingerprint density at radius 3 is 3.00 bits per heavy atom. The third-order valence-corrected chi connectivity index (χ3v) is 5.00. The Labute approximate surface area is 148 Å². The molecule has 0 aliphatic rings. The second-order valence-electron chi connectivity index (χ2n) is 4.46. The highest BCUT2D eigenvalue weighted by Crippen LogP contribution is 2.30. The Kier molecular flexibility index (Phi) is 7.60. The number of halogens is 1. The van der Waals surface area contributed by atoms with Crippen molar-refractivity contribution in [1.29, 1.82) is 0 Å². The van der Waals surface area contributed by atoms with Gasteiger partial charge in [0, 0.05) is 20.3 Å². The first-order chi connectivity index (χ1) is 11.2. The molecule has 23 heavy (non-hydrogen) atoms. The van der Waals surface area contributed by atoms with Gasteiger partial charge in [0.05, 0.1) is 16.5 Å². The first-order valence-electron chi connectivity index (χ1n) is 6.92. The first kappa shape index (κ1) is 18.0. The van der Waals surface area contributed by atoms with Gasteiger partial charge in [-0.25, -0.2) is 0 Å². The van der Waals surface area contributed by atoms with E-state index in [4.69, 9.17) is 16.3 Å². The van der Waals surface area contributed by atoms with Crippen LogP contribution in [0.5, 0.6) is 0 Å². The Balaban J connectivity index is 1.76. The highest BCUT2D eigenvalue weighted by molar-refractivity contribution is 8.01. The van der Waals surface area contributed by atoms with Crippen LogP contribution in [-0.4, -0.2) is 42.1 Å². The molecule has 0 atom stereocenters. The Morgan fingerprint density at radius 1 is 1.39 bits per heavy atom.